The topological polar surface area (TPSA) is 58.2 Å². The number of carbonyl (C=O) groups excluding carboxylic acids is 2. The molecule has 274 valence electrons. The highest BCUT2D eigenvalue weighted by atomic mass is 16.2. The van der Waals surface area contributed by atoms with Crippen LogP contribution in [0.4, 0.5) is 0 Å². The molecule has 0 rings (SSSR count). The van der Waals surface area contributed by atoms with Crippen molar-refractivity contribution in [1.82, 2.24) is 10.6 Å². The summed E-state index contributed by atoms with van der Waals surface area (Å²) >= 11 is 0. The lowest BCUT2D eigenvalue weighted by Gasteiger charge is -2.13. The molecule has 0 aromatic carbocycles. The van der Waals surface area contributed by atoms with Crippen LogP contribution >= 0.6 is 0 Å². The summed E-state index contributed by atoms with van der Waals surface area (Å²) in [5, 5.41) is 6.18. The fourth-order valence-corrected chi connectivity index (χ4v) is 5.47. The van der Waals surface area contributed by atoms with Gasteiger partial charge in [0, 0.05) is 25.4 Å². The minimum atomic E-state index is 0.119. The van der Waals surface area contributed by atoms with Gasteiger partial charge in [0.15, 0.2) is 0 Å². The number of hydrogen-bond donors (Lipinski definition) is 2. The van der Waals surface area contributed by atoms with E-state index in [-0.39, 0.29) is 17.9 Å². The van der Waals surface area contributed by atoms with Gasteiger partial charge in [-0.15, -0.1) is 0 Å². The standard InChI is InChI=1S/C44H76N2O2/c1-4-6-8-10-12-14-16-18-19-20-21-22-23-25-27-29-31-33-35-40-44(48)46-42(3)38-36-37-41-45-43(47)39-34-32-30-28-26-24-17-15-13-11-9-7-5-2/h6,8,12,14,18-19,21-22,25,27,31,33,42H,4-5,7,9-11,13,15-17,20,23-24,26,28-30,32,34-41H2,1-3H3,(H,45,47)(H,46,48)/b8-6-,14-12-,19-18-,22-21-,27-25-,33-31-/t42-/m1/s1. The zero-order valence-corrected chi connectivity index (χ0v) is 31.7. The van der Waals surface area contributed by atoms with Crippen LogP contribution in [0.1, 0.15) is 181 Å². The van der Waals surface area contributed by atoms with Crippen LogP contribution in [-0.2, 0) is 9.59 Å². The van der Waals surface area contributed by atoms with Crippen molar-refractivity contribution < 1.29 is 9.59 Å². The van der Waals surface area contributed by atoms with E-state index in [1.54, 1.807) is 0 Å². The van der Waals surface area contributed by atoms with E-state index < -0.39 is 0 Å². The molecular formula is C44H76N2O2. The van der Waals surface area contributed by atoms with Crippen LogP contribution in [0.2, 0.25) is 0 Å². The molecule has 0 radical (unpaired) electrons. The van der Waals surface area contributed by atoms with Gasteiger partial charge < -0.3 is 10.6 Å². The Balaban J connectivity index is 3.57. The van der Waals surface area contributed by atoms with Crippen LogP contribution in [0.15, 0.2) is 72.9 Å². The highest BCUT2D eigenvalue weighted by Gasteiger charge is 2.07. The SMILES string of the molecule is CC/C=C\C/C=C\C/C=C\C/C=C\C/C=C\C/C=C\CCC(=O)N[C@H](C)CCCCNC(=O)CCCCCCCCCCCCCCC. The summed E-state index contributed by atoms with van der Waals surface area (Å²) in [5.74, 6) is 0.307. The number of unbranched alkanes of at least 4 members (excludes halogenated alkanes) is 13. The third-order valence-electron chi connectivity index (χ3n) is 8.44. The Morgan fingerprint density at radius 2 is 0.917 bits per heavy atom. The van der Waals surface area contributed by atoms with E-state index in [1.807, 2.05) is 0 Å². The number of nitrogens with one attached hydrogen (secondary N) is 2. The Labute approximate surface area is 298 Å². The van der Waals surface area contributed by atoms with Crippen molar-refractivity contribution in [1.29, 1.82) is 0 Å². The molecule has 0 aliphatic rings. The summed E-state index contributed by atoms with van der Waals surface area (Å²) in [6, 6.07) is 0.171. The zero-order chi connectivity index (χ0) is 35.0. The monoisotopic (exact) mass is 665 g/mol. The van der Waals surface area contributed by atoms with Gasteiger partial charge in [0.25, 0.3) is 0 Å². The molecule has 0 bridgehead atoms. The Hall–Kier alpha value is -2.62. The molecule has 0 spiro atoms. The highest BCUT2D eigenvalue weighted by molar-refractivity contribution is 5.76. The van der Waals surface area contributed by atoms with Crippen molar-refractivity contribution in [3.63, 3.8) is 0 Å². The fourth-order valence-electron chi connectivity index (χ4n) is 5.47. The quantitative estimate of drug-likeness (QED) is 0.0531. The third kappa shape index (κ3) is 37.8. The summed E-state index contributed by atoms with van der Waals surface area (Å²) in [4.78, 5) is 24.4. The number of allylic oxidation sites excluding steroid dienone is 12. The molecule has 4 nitrogen and oxygen atoms in total. The van der Waals surface area contributed by atoms with E-state index in [1.165, 1.54) is 77.0 Å². The molecule has 0 aliphatic carbocycles. The maximum atomic E-state index is 12.2. The van der Waals surface area contributed by atoms with Gasteiger partial charge in [-0.25, -0.2) is 0 Å². The first-order valence-electron chi connectivity index (χ1n) is 20.1. The average molecular weight is 665 g/mol. The van der Waals surface area contributed by atoms with Crippen molar-refractivity contribution in [2.24, 2.45) is 0 Å². The van der Waals surface area contributed by atoms with Gasteiger partial charge in [-0.3, -0.25) is 9.59 Å². The molecular weight excluding hydrogens is 588 g/mol. The van der Waals surface area contributed by atoms with Gasteiger partial charge in [-0.05, 0) is 77.6 Å². The summed E-state index contributed by atoms with van der Waals surface area (Å²) < 4.78 is 0. The van der Waals surface area contributed by atoms with E-state index in [2.05, 4.69) is 104 Å². The molecule has 4 heteroatoms. The lowest BCUT2D eigenvalue weighted by atomic mass is 10.0. The summed E-state index contributed by atoms with van der Waals surface area (Å²) in [6.07, 6.45) is 54.4. The molecule has 2 N–H and O–H groups in total. The summed E-state index contributed by atoms with van der Waals surface area (Å²) in [6.45, 7) is 7.24. The van der Waals surface area contributed by atoms with Crippen LogP contribution < -0.4 is 10.6 Å². The lowest BCUT2D eigenvalue weighted by Crippen LogP contribution is -2.32. The van der Waals surface area contributed by atoms with E-state index >= 15 is 0 Å². The van der Waals surface area contributed by atoms with Crippen molar-refractivity contribution >= 4 is 11.8 Å². The van der Waals surface area contributed by atoms with Crippen molar-refractivity contribution in [3.8, 4) is 0 Å². The number of amides is 2. The first kappa shape index (κ1) is 45.4. The Kier molecular flexibility index (Phi) is 36.7. The van der Waals surface area contributed by atoms with Crippen molar-refractivity contribution in [2.45, 2.75) is 187 Å². The first-order valence-corrected chi connectivity index (χ1v) is 20.1. The van der Waals surface area contributed by atoms with E-state index in [9.17, 15) is 9.59 Å². The molecule has 48 heavy (non-hydrogen) atoms. The number of rotatable bonds is 34. The highest BCUT2D eigenvalue weighted by Crippen LogP contribution is 2.13. The van der Waals surface area contributed by atoms with Crippen LogP contribution in [0.5, 0.6) is 0 Å². The lowest BCUT2D eigenvalue weighted by molar-refractivity contribution is -0.122. The van der Waals surface area contributed by atoms with Gasteiger partial charge in [0.05, 0.1) is 0 Å². The summed E-state index contributed by atoms with van der Waals surface area (Å²) in [7, 11) is 0. The maximum absolute atomic E-state index is 12.2. The molecule has 2 amide bonds. The van der Waals surface area contributed by atoms with Gasteiger partial charge >= 0.3 is 0 Å². The third-order valence-corrected chi connectivity index (χ3v) is 8.44. The van der Waals surface area contributed by atoms with Gasteiger partial charge in [-0.2, -0.15) is 0 Å². The van der Waals surface area contributed by atoms with E-state index in [0.29, 0.717) is 12.8 Å². The van der Waals surface area contributed by atoms with Gasteiger partial charge in [0.2, 0.25) is 11.8 Å². The number of carbonyl (C=O) groups is 2. The van der Waals surface area contributed by atoms with Gasteiger partial charge in [0.1, 0.15) is 0 Å². The molecule has 0 aromatic heterocycles. The van der Waals surface area contributed by atoms with Crippen molar-refractivity contribution in [3.05, 3.63) is 72.9 Å². The van der Waals surface area contributed by atoms with Crippen LogP contribution in [0, 0.1) is 0 Å². The first-order chi connectivity index (χ1) is 23.6. The molecule has 0 unspecified atom stereocenters. The van der Waals surface area contributed by atoms with E-state index in [4.69, 9.17) is 0 Å². The molecule has 1 atom stereocenters. The Morgan fingerprint density at radius 3 is 1.40 bits per heavy atom. The molecule has 0 heterocycles. The minimum Gasteiger partial charge on any atom is -0.356 e. The minimum absolute atomic E-state index is 0.119. The second kappa shape index (κ2) is 38.8. The van der Waals surface area contributed by atoms with Crippen molar-refractivity contribution in [2.75, 3.05) is 6.54 Å². The molecule has 0 aromatic rings. The Morgan fingerprint density at radius 1 is 0.479 bits per heavy atom. The Bertz CT molecular complexity index is 896. The molecule has 0 aliphatic heterocycles. The average Bonchev–Trinajstić information content (AvgIpc) is 3.07. The largest absolute Gasteiger partial charge is 0.356 e. The van der Waals surface area contributed by atoms with E-state index in [0.717, 1.165) is 77.2 Å². The number of hydrogen-bond acceptors (Lipinski definition) is 2. The molecule has 0 saturated carbocycles. The molecule has 0 saturated heterocycles. The van der Waals surface area contributed by atoms with Gasteiger partial charge in [-0.1, -0.05) is 164 Å². The normalized spacial score (nSPS) is 13.0. The maximum Gasteiger partial charge on any atom is 0.220 e. The van der Waals surface area contributed by atoms with Crippen LogP contribution in [0.3, 0.4) is 0 Å². The predicted octanol–water partition coefficient (Wildman–Crippen LogP) is 12.7. The molecule has 0 fully saturated rings. The zero-order valence-electron chi connectivity index (χ0n) is 31.7. The van der Waals surface area contributed by atoms with Crippen LogP contribution in [-0.4, -0.2) is 24.4 Å². The van der Waals surface area contributed by atoms with Crippen LogP contribution in [0.25, 0.3) is 0 Å². The summed E-state index contributed by atoms with van der Waals surface area (Å²) in [5.41, 5.74) is 0. The fraction of sp³-hybridized carbons (Fsp3) is 0.682. The second-order valence-corrected chi connectivity index (χ2v) is 13.3. The smallest absolute Gasteiger partial charge is 0.220 e. The second-order valence-electron chi connectivity index (χ2n) is 13.3. The predicted molar refractivity (Wildman–Crippen MR) is 212 cm³/mol.